The normalized spacial score (nSPS) is 24.0. The van der Waals surface area contributed by atoms with Crippen molar-refractivity contribution in [1.82, 2.24) is 4.90 Å². The summed E-state index contributed by atoms with van der Waals surface area (Å²) in [6.07, 6.45) is 1.82. The molecule has 1 amide bonds. The molecule has 0 aromatic carbocycles. The lowest BCUT2D eigenvalue weighted by Crippen LogP contribution is -2.47. The maximum Gasteiger partial charge on any atom is 0.315 e. The van der Waals surface area contributed by atoms with Gasteiger partial charge in [-0.05, 0) is 33.6 Å². The van der Waals surface area contributed by atoms with Crippen LogP contribution in [0.15, 0.2) is 17.3 Å². The molecule has 2 heterocycles. The number of likely N-dealkylation sites (tertiary alicyclic amines) is 1. The van der Waals surface area contributed by atoms with Crippen molar-refractivity contribution in [2.24, 2.45) is 22.7 Å². The first-order valence-electron chi connectivity index (χ1n) is 9.83. The Balaban J connectivity index is 2.27. The third kappa shape index (κ3) is 5.21. The Kier molecular flexibility index (Phi) is 7.92. The zero-order chi connectivity index (χ0) is 21.6. The SMILES string of the molecule is C=C1N=C(C)C(C(=O)OCC)[C@@H](C(=O)OCC(=O)N2CCCC2)[C@H]1C(=O)OCC. The second kappa shape index (κ2) is 10.2. The molecule has 1 fully saturated rings. The van der Waals surface area contributed by atoms with E-state index in [2.05, 4.69) is 11.6 Å². The first-order chi connectivity index (χ1) is 13.8. The van der Waals surface area contributed by atoms with E-state index in [1.54, 1.807) is 25.7 Å². The Morgan fingerprint density at radius 3 is 2.07 bits per heavy atom. The van der Waals surface area contributed by atoms with Gasteiger partial charge in [0.1, 0.15) is 11.8 Å². The Morgan fingerprint density at radius 1 is 0.966 bits per heavy atom. The number of carbonyl (C=O) groups excluding carboxylic acids is 4. The van der Waals surface area contributed by atoms with E-state index in [0.717, 1.165) is 12.8 Å². The Morgan fingerprint density at radius 2 is 1.52 bits per heavy atom. The van der Waals surface area contributed by atoms with Crippen molar-refractivity contribution in [3.63, 3.8) is 0 Å². The highest BCUT2D eigenvalue weighted by molar-refractivity contribution is 6.07. The standard InChI is InChI=1S/C20H28N2O7/c1-5-27-18(24)15-12(3)21-13(4)16(19(25)28-6-2)17(15)20(26)29-11-14(23)22-9-7-8-10-22/h15-17H,3,5-11H2,1-2,4H3/t15-,16?,17-/m0/s1. The Hall–Kier alpha value is -2.71. The summed E-state index contributed by atoms with van der Waals surface area (Å²) < 4.78 is 15.4. The molecular weight excluding hydrogens is 380 g/mol. The third-order valence-corrected chi connectivity index (χ3v) is 5.00. The summed E-state index contributed by atoms with van der Waals surface area (Å²) >= 11 is 0. The molecule has 0 saturated carbocycles. The average Bonchev–Trinajstić information content (AvgIpc) is 3.20. The first kappa shape index (κ1) is 22.6. The number of esters is 3. The van der Waals surface area contributed by atoms with E-state index in [9.17, 15) is 19.2 Å². The van der Waals surface area contributed by atoms with E-state index in [1.807, 2.05) is 0 Å². The highest BCUT2D eigenvalue weighted by Gasteiger charge is 2.50. The quantitative estimate of drug-likeness (QED) is 0.458. The van der Waals surface area contributed by atoms with Gasteiger partial charge in [0, 0.05) is 24.5 Å². The molecule has 0 bridgehead atoms. The van der Waals surface area contributed by atoms with Crippen LogP contribution in [-0.2, 0) is 33.4 Å². The van der Waals surface area contributed by atoms with E-state index < -0.39 is 42.3 Å². The molecule has 0 aromatic rings. The number of carbonyl (C=O) groups is 4. The van der Waals surface area contributed by atoms with Gasteiger partial charge in [-0.2, -0.15) is 0 Å². The van der Waals surface area contributed by atoms with Crippen LogP contribution in [-0.4, -0.2) is 67.3 Å². The molecule has 0 spiro atoms. The van der Waals surface area contributed by atoms with Gasteiger partial charge in [-0.1, -0.05) is 6.58 Å². The maximum absolute atomic E-state index is 12.9. The van der Waals surface area contributed by atoms with Gasteiger partial charge < -0.3 is 19.1 Å². The molecule has 0 aromatic heterocycles. The smallest absolute Gasteiger partial charge is 0.315 e. The number of hydrogen-bond acceptors (Lipinski definition) is 8. The molecule has 2 rings (SSSR count). The fourth-order valence-corrected chi connectivity index (χ4v) is 3.65. The summed E-state index contributed by atoms with van der Waals surface area (Å²) in [5.41, 5.74) is 0.399. The van der Waals surface area contributed by atoms with E-state index >= 15 is 0 Å². The molecule has 2 aliphatic heterocycles. The zero-order valence-electron chi connectivity index (χ0n) is 17.1. The molecular formula is C20H28N2O7. The minimum absolute atomic E-state index is 0.0879. The van der Waals surface area contributed by atoms with Gasteiger partial charge >= 0.3 is 17.9 Å². The topological polar surface area (TPSA) is 112 Å². The number of aliphatic imine (C=N–C) groups is 1. The number of hydrogen-bond donors (Lipinski definition) is 0. The van der Waals surface area contributed by atoms with Crippen LogP contribution in [0.2, 0.25) is 0 Å². The highest BCUT2D eigenvalue weighted by atomic mass is 16.5. The van der Waals surface area contributed by atoms with Crippen molar-refractivity contribution in [3.05, 3.63) is 12.3 Å². The molecule has 160 valence electrons. The van der Waals surface area contributed by atoms with Crippen LogP contribution < -0.4 is 0 Å². The van der Waals surface area contributed by atoms with Gasteiger partial charge in [-0.15, -0.1) is 0 Å². The molecule has 1 unspecified atom stereocenters. The second-order valence-corrected chi connectivity index (χ2v) is 6.93. The van der Waals surface area contributed by atoms with Gasteiger partial charge in [0.15, 0.2) is 6.61 Å². The number of rotatable bonds is 7. The average molecular weight is 408 g/mol. The predicted octanol–water partition coefficient (Wildman–Crippen LogP) is 1.11. The van der Waals surface area contributed by atoms with Crippen LogP contribution in [0.4, 0.5) is 0 Å². The second-order valence-electron chi connectivity index (χ2n) is 6.93. The third-order valence-electron chi connectivity index (χ3n) is 5.00. The summed E-state index contributed by atoms with van der Waals surface area (Å²) in [5.74, 6) is -6.16. The summed E-state index contributed by atoms with van der Waals surface area (Å²) in [7, 11) is 0. The van der Waals surface area contributed by atoms with Gasteiger partial charge in [0.25, 0.3) is 5.91 Å². The number of nitrogens with zero attached hydrogens (tertiary/aromatic N) is 2. The lowest BCUT2D eigenvalue weighted by atomic mass is 9.75. The highest BCUT2D eigenvalue weighted by Crippen LogP contribution is 2.36. The first-order valence-corrected chi connectivity index (χ1v) is 9.83. The van der Waals surface area contributed by atoms with Gasteiger partial charge in [-0.3, -0.25) is 24.2 Å². The molecule has 0 aliphatic carbocycles. The summed E-state index contributed by atoms with van der Waals surface area (Å²) in [4.78, 5) is 56.0. The van der Waals surface area contributed by atoms with Crippen molar-refractivity contribution in [3.8, 4) is 0 Å². The van der Waals surface area contributed by atoms with Crippen LogP contribution in [0.25, 0.3) is 0 Å². The van der Waals surface area contributed by atoms with E-state index in [-0.39, 0.29) is 24.8 Å². The van der Waals surface area contributed by atoms with E-state index in [0.29, 0.717) is 18.8 Å². The molecule has 1 saturated heterocycles. The summed E-state index contributed by atoms with van der Waals surface area (Å²) in [6, 6.07) is 0. The van der Waals surface area contributed by atoms with Crippen molar-refractivity contribution in [2.45, 2.75) is 33.6 Å². The van der Waals surface area contributed by atoms with Crippen molar-refractivity contribution >= 4 is 29.5 Å². The predicted molar refractivity (Wildman–Crippen MR) is 103 cm³/mol. The molecule has 3 atom stereocenters. The molecule has 0 radical (unpaired) electrons. The maximum atomic E-state index is 12.9. The van der Waals surface area contributed by atoms with Crippen LogP contribution in [0.3, 0.4) is 0 Å². The van der Waals surface area contributed by atoms with Crippen LogP contribution in [0.1, 0.15) is 33.6 Å². The summed E-state index contributed by atoms with van der Waals surface area (Å²) in [5, 5.41) is 0. The number of ether oxygens (including phenoxy) is 3. The van der Waals surface area contributed by atoms with Crippen LogP contribution in [0.5, 0.6) is 0 Å². The van der Waals surface area contributed by atoms with Crippen molar-refractivity contribution in [1.29, 1.82) is 0 Å². The van der Waals surface area contributed by atoms with Crippen molar-refractivity contribution in [2.75, 3.05) is 32.9 Å². The Bertz CT molecular complexity index is 710. The van der Waals surface area contributed by atoms with E-state index in [1.165, 1.54) is 0 Å². The number of amides is 1. The largest absolute Gasteiger partial charge is 0.465 e. The van der Waals surface area contributed by atoms with Gasteiger partial charge in [0.05, 0.1) is 19.1 Å². The van der Waals surface area contributed by atoms with Crippen LogP contribution in [0, 0.1) is 17.8 Å². The Labute approximate surface area is 170 Å². The molecule has 9 heteroatoms. The fraction of sp³-hybridized carbons (Fsp3) is 0.650. The van der Waals surface area contributed by atoms with Crippen molar-refractivity contribution < 1.29 is 33.4 Å². The molecule has 2 aliphatic rings. The van der Waals surface area contributed by atoms with Gasteiger partial charge in [0.2, 0.25) is 0 Å². The van der Waals surface area contributed by atoms with Gasteiger partial charge in [-0.25, -0.2) is 0 Å². The lowest BCUT2D eigenvalue weighted by molar-refractivity contribution is -0.167. The minimum Gasteiger partial charge on any atom is -0.465 e. The molecule has 0 N–H and O–H groups in total. The minimum atomic E-state index is -1.26. The lowest BCUT2D eigenvalue weighted by Gasteiger charge is -2.33. The zero-order valence-corrected chi connectivity index (χ0v) is 17.1. The monoisotopic (exact) mass is 408 g/mol. The summed E-state index contributed by atoms with van der Waals surface area (Å²) in [6.45, 7) is 9.56. The van der Waals surface area contributed by atoms with E-state index in [4.69, 9.17) is 14.2 Å². The molecule has 29 heavy (non-hydrogen) atoms. The molecule has 9 nitrogen and oxygen atoms in total. The van der Waals surface area contributed by atoms with Crippen LogP contribution >= 0.6 is 0 Å². The fourth-order valence-electron chi connectivity index (χ4n) is 3.65.